The number of H-pyrrole nitrogens is 1. The van der Waals surface area contributed by atoms with Gasteiger partial charge in [-0.3, -0.25) is 0 Å². The van der Waals surface area contributed by atoms with Crippen molar-refractivity contribution in [2.45, 2.75) is 25.7 Å². The highest BCUT2D eigenvalue weighted by Gasteiger charge is 2.25. The fraction of sp³-hybridized carbons (Fsp3) is 0.400. The molecule has 100 valence electrons. The van der Waals surface area contributed by atoms with Crippen LogP contribution >= 0.6 is 0 Å². The third-order valence-corrected chi connectivity index (χ3v) is 4.04. The van der Waals surface area contributed by atoms with Gasteiger partial charge in [0, 0.05) is 10.9 Å². The second-order valence-electron chi connectivity index (χ2n) is 5.24. The van der Waals surface area contributed by atoms with E-state index in [0.717, 1.165) is 48.0 Å². The van der Waals surface area contributed by atoms with Gasteiger partial charge < -0.3 is 15.4 Å². The Hall–Kier alpha value is -1.81. The largest absolute Gasteiger partial charge is 0.477 e. The Morgan fingerprint density at radius 1 is 1.32 bits per heavy atom. The maximum Gasteiger partial charge on any atom is 0.352 e. The van der Waals surface area contributed by atoms with Crippen molar-refractivity contribution in [3.8, 4) is 0 Å². The first-order chi connectivity index (χ1) is 9.18. The lowest BCUT2D eigenvalue weighted by molar-refractivity contribution is 0.0689. The van der Waals surface area contributed by atoms with Crippen LogP contribution in [0, 0.1) is 6.92 Å². The molecule has 1 aromatic heterocycles. The molecule has 3 rings (SSSR count). The van der Waals surface area contributed by atoms with Gasteiger partial charge in [-0.15, -0.1) is 0 Å². The van der Waals surface area contributed by atoms with Gasteiger partial charge in [0.15, 0.2) is 0 Å². The summed E-state index contributed by atoms with van der Waals surface area (Å²) in [6.07, 6.45) is 2.00. The summed E-state index contributed by atoms with van der Waals surface area (Å²) in [5.74, 6) is -0.521. The highest BCUT2D eigenvalue weighted by molar-refractivity contribution is 5.98. The molecule has 1 saturated heterocycles. The Balaban J connectivity index is 2.21. The summed E-state index contributed by atoms with van der Waals surface area (Å²) in [4.78, 5) is 14.6. The summed E-state index contributed by atoms with van der Waals surface area (Å²) < 4.78 is 0. The van der Waals surface area contributed by atoms with E-state index in [4.69, 9.17) is 0 Å². The Morgan fingerprint density at radius 2 is 2.05 bits per heavy atom. The number of aromatic amines is 1. The molecule has 3 N–H and O–H groups in total. The quantitative estimate of drug-likeness (QED) is 0.776. The van der Waals surface area contributed by atoms with Crippen molar-refractivity contribution < 1.29 is 9.90 Å². The molecule has 2 heterocycles. The minimum atomic E-state index is -0.857. The number of nitrogens with one attached hydrogen (secondary N) is 2. The number of aromatic nitrogens is 1. The molecule has 1 aliphatic rings. The van der Waals surface area contributed by atoms with E-state index in [-0.39, 0.29) is 0 Å². The van der Waals surface area contributed by atoms with Gasteiger partial charge in [0.2, 0.25) is 0 Å². The number of aromatic carboxylic acids is 1. The van der Waals surface area contributed by atoms with E-state index in [9.17, 15) is 9.90 Å². The van der Waals surface area contributed by atoms with Crippen LogP contribution in [0.1, 0.15) is 40.4 Å². The van der Waals surface area contributed by atoms with Crippen molar-refractivity contribution in [1.29, 1.82) is 0 Å². The number of rotatable bonds is 2. The molecule has 0 bridgehead atoms. The third-order valence-electron chi connectivity index (χ3n) is 4.04. The van der Waals surface area contributed by atoms with Crippen LogP contribution in [0.3, 0.4) is 0 Å². The molecule has 0 unspecified atom stereocenters. The zero-order valence-electron chi connectivity index (χ0n) is 11.0. The van der Waals surface area contributed by atoms with Crippen molar-refractivity contribution in [3.05, 3.63) is 35.0 Å². The number of hydrogen-bond acceptors (Lipinski definition) is 2. The minimum absolute atomic E-state index is 0.336. The van der Waals surface area contributed by atoms with Crippen LogP contribution in [0.25, 0.3) is 10.9 Å². The van der Waals surface area contributed by atoms with Gasteiger partial charge >= 0.3 is 5.97 Å². The number of carbonyl (C=O) groups is 1. The number of fused-ring (bicyclic) bond motifs is 1. The Bertz CT molecular complexity index is 624. The van der Waals surface area contributed by atoms with E-state index in [1.165, 1.54) is 0 Å². The van der Waals surface area contributed by atoms with Crippen LogP contribution in [0.2, 0.25) is 0 Å². The van der Waals surface area contributed by atoms with E-state index < -0.39 is 5.97 Å². The van der Waals surface area contributed by atoms with E-state index in [1.807, 2.05) is 25.1 Å². The highest BCUT2D eigenvalue weighted by Crippen LogP contribution is 2.35. The molecule has 0 amide bonds. The molecule has 0 saturated carbocycles. The van der Waals surface area contributed by atoms with Crippen LogP contribution in [0.15, 0.2) is 18.2 Å². The summed E-state index contributed by atoms with van der Waals surface area (Å²) >= 11 is 0. The van der Waals surface area contributed by atoms with Crippen molar-refractivity contribution in [1.82, 2.24) is 10.3 Å². The van der Waals surface area contributed by atoms with Crippen LogP contribution in [0.5, 0.6) is 0 Å². The van der Waals surface area contributed by atoms with Crippen LogP contribution < -0.4 is 5.32 Å². The van der Waals surface area contributed by atoms with Crippen molar-refractivity contribution >= 4 is 16.9 Å². The number of benzene rings is 1. The molecule has 1 fully saturated rings. The van der Waals surface area contributed by atoms with Crippen molar-refractivity contribution in [3.63, 3.8) is 0 Å². The molecule has 0 spiro atoms. The lowest BCUT2D eigenvalue weighted by Crippen LogP contribution is -2.27. The number of piperidine rings is 1. The van der Waals surface area contributed by atoms with E-state index in [0.29, 0.717) is 11.6 Å². The topological polar surface area (TPSA) is 65.1 Å². The van der Waals surface area contributed by atoms with Crippen LogP contribution in [-0.4, -0.2) is 29.1 Å². The fourth-order valence-corrected chi connectivity index (χ4v) is 3.09. The molecule has 1 aromatic carbocycles. The lowest BCUT2D eigenvalue weighted by Gasteiger charge is -2.23. The number of hydrogen-bond donors (Lipinski definition) is 3. The molecule has 4 heteroatoms. The maximum absolute atomic E-state index is 11.5. The first-order valence-corrected chi connectivity index (χ1v) is 6.73. The highest BCUT2D eigenvalue weighted by atomic mass is 16.4. The Kier molecular flexibility index (Phi) is 3.03. The van der Waals surface area contributed by atoms with Gasteiger partial charge in [-0.2, -0.15) is 0 Å². The SMILES string of the molecule is Cc1cccc2c(C3CCNCC3)c(C(=O)O)[nH]c12. The Morgan fingerprint density at radius 3 is 2.74 bits per heavy atom. The zero-order valence-corrected chi connectivity index (χ0v) is 11.0. The number of carboxylic acid groups (broad SMARTS) is 1. The van der Waals surface area contributed by atoms with Gasteiger partial charge in [-0.1, -0.05) is 18.2 Å². The zero-order chi connectivity index (χ0) is 13.4. The maximum atomic E-state index is 11.5. The van der Waals surface area contributed by atoms with Gasteiger partial charge in [-0.05, 0) is 49.9 Å². The number of aryl methyl sites for hydroxylation is 1. The fourth-order valence-electron chi connectivity index (χ4n) is 3.09. The average Bonchev–Trinajstić information content (AvgIpc) is 2.81. The predicted molar refractivity (Wildman–Crippen MR) is 74.8 cm³/mol. The van der Waals surface area contributed by atoms with Gasteiger partial charge in [-0.25, -0.2) is 4.79 Å². The summed E-state index contributed by atoms with van der Waals surface area (Å²) in [6.45, 7) is 3.93. The second-order valence-corrected chi connectivity index (χ2v) is 5.24. The van der Waals surface area contributed by atoms with Gasteiger partial charge in [0.1, 0.15) is 5.69 Å². The molecule has 0 radical (unpaired) electrons. The number of para-hydroxylation sites is 1. The summed E-state index contributed by atoms with van der Waals surface area (Å²) in [6, 6.07) is 6.04. The van der Waals surface area contributed by atoms with E-state index in [2.05, 4.69) is 10.3 Å². The van der Waals surface area contributed by atoms with Crippen LogP contribution in [-0.2, 0) is 0 Å². The van der Waals surface area contributed by atoms with E-state index in [1.54, 1.807) is 0 Å². The van der Waals surface area contributed by atoms with Crippen LogP contribution in [0.4, 0.5) is 0 Å². The van der Waals surface area contributed by atoms with Gasteiger partial charge in [0.25, 0.3) is 0 Å². The molecule has 4 nitrogen and oxygen atoms in total. The molecule has 2 aromatic rings. The molecular weight excluding hydrogens is 240 g/mol. The first kappa shape index (κ1) is 12.2. The average molecular weight is 258 g/mol. The smallest absolute Gasteiger partial charge is 0.352 e. The molecule has 1 aliphatic heterocycles. The number of carboxylic acids is 1. The monoisotopic (exact) mass is 258 g/mol. The third kappa shape index (κ3) is 2.02. The predicted octanol–water partition coefficient (Wildman–Crippen LogP) is 2.64. The van der Waals surface area contributed by atoms with Crippen molar-refractivity contribution in [2.24, 2.45) is 0 Å². The Labute approximate surface area is 111 Å². The van der Waals surface area contributed by atoms with Gasteiger partial charge in [0.05, 0.1) is 0 Å². The lowest BCUT2D eigenvalue weighted by atomic mass is 9.88. The summed E-state index contributed by atoms with van der Waals surface area (Å²) in [5, 5.41) is 13.8. The molecular formula is C15H18N2O2. The summed E-state index contributed by atoms with van der Waals surface area (Å²) in [7, 11) is 0. The normalized spacial score (nSPS) is 16.9. The molecule has 0 aliphatic carbocycles. The second kappa shape index (κ2) is 4.70. The van der Waals surface area contributed by atoms with Crippen molar-refractivity contribution in [2.75, 3.05) is 13.1 Å². The summed E-state index contributed by atoms with van der Waals surface area (Å²) in [5.41, 5.74) is 3.43. The molecule has 0 atom stereocenters. The first-order valence-electron chi connectivity index (χ1n) is 6.73. The van der Waals surface area contributed by atoms with E-state index >= 15 is 0 Å². The standard InChI is InChI=1S/C15H18N2O2/c1-9-3-2-4-11-12(10-5-7-16-8-6-10)14(15(18)19)17-13(9)11/h2-4,10,16-17H,5-8H2,1H3,(H,18,19). The minimum Gasteiger partial charge on any atom is -0.477 e. The molecule has 19 heavy (non-hydrogen) atoms.